The van der Waals surface area contributed by atoms with Gasteiger partial charge in [-0.1, -0.05) is 39.8 Å². The van der Waals surface area contributed by atoms with E-state index in [2.05, 4.69) is 10.4 Å². The van der Waals surface area contributed by atoms with Crippen molar-refractivity contribution in [3.8, 4) is 5.69 Å². The summed E-state index contributed by atoms with van der Waals surface area (Å²) in [6.45, 7) is 7.98. The van der Waals surface area contributed by atoms with Crippen LogP contribution in [0.5, 0.6) is 0 Å². The van der Waals surface area contributed by atoms with Gasteiger partial charge in [0.2, 0.25) is 0 Å². The monoisotopic (exact) mass is 333 g/mol. The molecule has 1 amide bonds. The van der Waals surface area contributed by atoms with E-state index in [4.69, 9.17) is 0 Å². The highest BCUT2D eigenvalue weighted by Gasteiger charge is 2.30. The fourth-order valence-corrected chi connectivity index (χ4v) is 2.62. The Kier molecular flexibility index (Phi) is 5.39. The van der Waals surface area contributed by atoms with Gasteiger partial charge in [0.25, 0.3) is 5.91 Å². The number of nitrogens with one attached hydrogen (secondary N) is 1. The lowest BCUT2D eigenvalue weighted by Gasteiger charge is -2.33. The zero-order valence-corrected chi connectivity index (χ0v) is 14.5. The summed E-state index contributed by atoms with van der Waals surface area (Å²) in [5.74, 6) is -0.667. The summed E-state index contributed by atoms with van der Waals surface area (Å²) in [6, 6.07) is 7.76. The summed E-state index contributed by atoms with van der Waals surface area (Å²) in [4.78, 5) is 12.3. The van der Waals surface area contributed by atoms with E-state index in [0.717, 1.165) is 0 Å². The van der Waals surface area contributed by atoms with E-state index < -0.39 is 17.3 Å². The lowest BCUT2D eigenvalue weighted by atomic mass is 9.80. The van der Waals surface area contributed by atoms with Crippen LogP contribution in [0, 0.1) is 17.2 Å². The average molecular weight is 333 g/mol. The first-order valence-corrected chi connectivity index (χ1v) is 7.99. The minimum atomic E-state index is -0.534. The molecule has 2 N–H and O–H groups in total. The van der Waals surface area contributed by atoms with Crippen molar-refractivity contribution in [3.63, 3.8) is 0 Å². The van der Waals surface area contributed by atoms with Crippen molar-refractivity contribution in [2.75, 3.05) is 6.54 Å². The quantitative estimate of drug-likeness (QED) is 0.854. The van der Waals surface area contributed by atoms with Crippen LogP contribution in [-0.4, -0.2) is 33.4 Å². The van der Waals surface area contributed by atoms with Gasteiger partial charge in [-0.2, -0.15) is 5.10 Å². The van der Waals surface area contributed by atoms with Crippen LogP contribution in [0.4, 0.5) is 4.39 Å². The van der Waals surface area contributed by atoms with Gasteiger partial charge in [-0.3, -0.25) is 4.79 Å². The van der Waals surface area contributed by atoms with Crippen molar-refractivity contribution >= 4 is 5.91 Å². The number of hydrogen-bond donors (Lipinski definition) is 2. The Balaban J connectivity index is 2.06. The van der Waals surface area contributed by atoms with Crippen LogP contribution < -0.4 is 5.32 Å². The van der Waals surface area contributed by atoms with Crippen molar-refractivity contribution < 1.29 is 14.3 Å². The molecule has 0 aliphatic heterocycles. The molecule has 1 aromatic heterocycles. The van der Waals surface area contributed by atoms with Crippen LogP contribution in [0.2, 0.25) is 0 Å². The first-order valence-electron chi connectivity index (χ1n) is 7.99. The molecule has 2 rings (SSSR count). The van der Waals surface area contributed by atoms with Crippen LogP contribution in [-0.2, 0) is 0 Å². The highest BCUT2D eigenvalue weighted by Crippen LogP contribution is 2.25. The van der Waals surface area contributed by atoms with E-state index in [1.807, 2.05) is 27.7 Å². The molecule has 1 atom stereocenters. The lowest BCUT2D eigenvalue weighted by Crippen LogP contribution is -2.43. The highest BCUT2D eigenvalue weighted by atomic mass is 19.1. The molecule has 1 unspecified atom stereocenters. The van der Waals surface area contributed by atoms with Crippen LogP contribution in [0.3, 0.4) is 0 Å². The van der Waals surface area contributed by atoms with E-state index in [1.54, 1.807) is 24.4 Å². The van der Waals surface area contributed by atoms with Gasteiger partial charge in [0.1, 0.15) is 11.5 Å². The molecule has 0 saturated carbocycles. The predicted molar refractivity (Wildman–Crippen MR) is 90.5 cm³/mol. The second kappa shape index (κ2) is 7.13. The summed E-state index contributed by atoms with van der Waals surface area (Å²) < 4.78 is 15.1. The third kappa shape index (κ3) is 4.00. The maximum Gasteiger partial charge on any atom is 0.271 e. The molecule has 0 bridgehead atoms. The maximum atomic E-state index is 13.8. The Morgan fingerprint density at radius 1 is 1.33 bits per heavy atom. The summed E-state index contributed by atoms with van der Waals surface area (Å²) in [5.41, 5.74) is 0.0259. The molecule has 130 valence electrons. The van der Waals surface area contributed by atoms with Gasteiger partial charge in [-0.25, -0.2) is 9.07 Å². The van der Waals surface area contributed by atoms with Gasteiger partial charge in [0.15, 0.2) is 5.69 Å². The summed E-state index contributed by atoms with van der Waals surface area (Å²) in [6.07, 6.45) is 1.01. The molecule has 2 aromatic rings. The molecule has 0 aliphatic rings. The second-order valence-corrected chi connectivity index (χ2v) is 6.96. The standard InChI is InChI=1S/C18H24FN3O2/c1-12(2)16(23)18(3,4)11-20-17(24)14-9-10-22(21-14)15-8-6-5-7-13(15)19/h5-10,12,16,23H,11H2,1-4H3,(H,20,24). The van der Waals surface area contributed by atoms with Gasteiger partial charge in [-0.05, 0) is 24.1 Å². The Hall–Kier alpha value is -2.21. The number of carbonyl (C=O) groups is 1. The van der Waals surface area contributed by atoms with Gasteiger partial charge >= 0.3 is 0 Å². The highest BCUT2D eigenvalue weighted by molar-refractivity contribution is 5.92. The Bertz CT molecular complexity index is 710. The summed E-state index contributed by atoms with van der Waals surface area (Å²) in [5, 5.41) is 17.1. The van der Waals surface area contributed by atoms with E-state index >= 15 is 0 Å². The molecule has 0 saturated heterocycles. The van der Waals surface area contributed by atoms with Crippen molar-refractivity contribution in [1.82, 2.24) is 15.1 Å². The smallest absolute Gasteiger partial charge is 0.271 e. The van der Waals surface area contributed by atoms with Gasteiger partial charge < -0.3 is 10.4 Å². The number of hydrogen-bond acceptors (Lipinski definition) is 3. The van der Waals surface area contributed by atoms with Crippen LogP contribution >= 0.6 is 0 Å². The minimum Gasteiger partial charge on any atom is -0.392 e. The molecule has 0 radical (unpaired) electrons. The number of para-hydroxylation sites is 1. The van der Waals surface area contributed by atoms with Crippen LogP contribution in [0.1, 0.15) is 38.2 Å². The molecule has 0 aliphatic carbocycles. The largest absolute Gasteiger partial charge is 0.392 e. The predicted octanol–water partition coefficient (Wildman–Crippen LogP) is 2.78. The third-order valence-electron chi connectivity index (χ3n) is 4.06. The molecule has 0 fully saturated rings. The van der Waals surface area contributed by atoms with Gasteiger partial charge in [0, 0.05) is 18.2 Å². The van der Waals surface area contributed by atoms with Crippen molar-refractivity contribution in [2.45, 2.75) is 33.8 Å². The molecule has 24 heavy (non-hydrogen) atoms. The Morgan fingerprint density at radius 2 is 2.00 bits per heavy atom. The number of benzene rings is 1. The number of carbonyl (C=O) groups excluding carboxylic acids is 1. The third-order valence-corrected chi connectivity index (χ3v) is 4.06. The normalized spacial score (nSPS) is 13.1. The van der Waals surface area contributed by atoms with E-state index in [9.17, 15) is 14.3 Å². The molecular weight excluding hydrogens is 309 g/mol. The first-order chi connectivity index (χ1) is 11.2. The Morgan fingerprint density at radius 3 is 2.62 bits per heavy atom. The number of rotatable bonds is 6. The van der Waals surface area contributed by atoms with Crippen LogP contribution in [0.25, 0.3) is 5.69 Å². The lowest BCUT2D eigenvalue weighted by molar-refractivity contribution is 0.0138. The maximum absolute atomic E-state index is 13.8. The van der Waals surface area contributed by atoms with Crippen molar-refractivity contribution in [1.29, 1.82) is 0 Å². The Labute approximate surface area is 141 Å². The molecule has 1 heterocycles. The van der Waals surface area contributed by atoms with E-state index in [1.165, 1.54) is 16.8 Å². The number of aromatic nitrogens is 2. The summed E-state index contributed by atoms with van der Waals surface area (Å²) in [7, 11) is 0. The van der Waals surface area contributed by atoms with Crippen molar-refractivity contribution in [3.05, 3.63) is 48.0 Å². The zero-order chi connectivity index (χ0) is 17.9. The fraction of sp³-hybridized carbons (Fsp3) is 0.444. The first kappa shape index (κ1) is 18.1. The number of nitrogens with zero attached hydrogens (tertiary/aromatic N) is 2. The topological polar surface area (TPSA) is 67.2 Å². The van der Waals surface area contributed by atoms with Gasteiger partial charge in [-0.15, -0.1) is 0 Å². The second-order valence-electron chi connectivity index (χ2n) is 6.96. The number of aliphatic hydroxyl groups excluding tert-OH is 1. The van der Waals surface area contributed by atoms with E-state index in [0.29, 0.717) is 6.54 Å². The van der Waals surface area contributed by atoms with E-state index in [-0.39, 0.29) is 23.2 Å². The summed E-state index contributed by atoms with van der Waals surface area (Å²) >= 11 is 0. The molecule has 5 nitrogen and oxygen atoms in total. The molecule has 6 heteroatoms. The molecular formula is C18H24FN3O2. The van der Waals surface area contributed by atoms with Crippen LogP contribution in [0.15, 0.2) is 36.5 Å². The zero-order valence-electron chi connectivity index (χ0n) is 14.5. The average Bonchev–Trinajstić information content (AvgIpc) is 3.02. The molecule has 1 aromatic carbocycles. The van der Waals surface area contributed by atoms with Gasteiger partial charge in [0.05, 0.1) is 6.10 Å². The van der Waals surface area contributed by atoms with Crippen molar-refractivity contribution in [2.24, 2.45) is 11.3 Å². The number of halogens is 1. The molecule has 0 spiro atoms. The number of amides is 1. The fourth-order valence-electron chi connectivity index (χ4n) is 2.62. The SMILES string of the molecule is CC(C)C(O)C(C)(C)CNC(=O)c1ccn(-c2ccccc2F)n1. The minimum absolute atomic E-state index is 0.0946. The number of aliphatic hydroxyl groups is 1.